The minimum atomic E-state index is 0. The van der Waals surface area contributed by atoms with Crippen LogP contribution >= 0.6 is 36.6 Å². The first-order valence-electron chi connectivity index (χ1n) is 7.26. The van der Waals surface area contributed by atoms with E-state index in [9.17, 15) is 4.79 Å². The first-order chi connectivity index (χ1) is 9.79. The van der Waals surface area contributed by atoms with Gasteiger partial charge in [0.25, 0.3) is 0 Å². The molecule has 1 saturated carbocycles. The molecule has 1 fully saturated rings. The SMILES string of the molecule is Cl.Cl.NCC1CCCCC1NC(=O)CSCc1ccccn1. The summed E-state index contributed by atoms with van der Waals surface area (Å²) in [5.74, 6) is 1.84. The lowest BCUT2D eigenvalue weighted by atomic mass is 9.84. The second-order valence-electron chi connectivity index (χ2n) is 5.27. The molecule has 1 aliphatic carbocycles. The largest absolute Gasteiger partial charge is 0.352 e. The molecule has 126 valence electrons. The Kier molecular flexibility index (Phi) is 11.7. The normalized spacial score (nSPS) is 20.4. The molecule has 3 N–H and O–H groups in total. The number of aromatic nitrogens is 1. The third-order valence-corrected chi connectivity index (χ3v) is 4.73. The van der Waals surface area contributed by atoms with Crippen LogP contribution in [-0.4, -0.2) is 29.2 Å². The van der Waals surface area contributed by atoms with Crippen molar-refractivity contribution in [3.05, 3.63) is 30.1 Å². The van der Waals surface area contributed by atoms with Crippen LogP contribution in [0.15, 0.2) is 24.4 Å². The van der Waals surface area contributed by atoms with Gasteiger partial charge in [0.2, 0.25) is 5.91 Å². The van der Waals surface area contributed by atoms with E-state index >= 15 is 0 Å². The molecule has 1 aromatic rings. The van der Waals surface area contributed by atoms with Gasteiger partial charge < -0.3 is 11.1 Å². The number of hydrogen-bond donors (Lipinski definition) is 2. The number of nitrogens with two attached hydrogens (primary N) is 1. The summed E-state index contributed by atoms with van der Waals surface area (Å²) in [7, 11) is 0. The van der Waals surface area contributed by atoms with Crippen molar-refractivity contribution in [1.82, 2.24) is 10.3 Å². The number of pyridine rings is 1. The summed E-state index contributed by atoms with van der Waals surface area (Å²) in [4.78, 5) is 16.2. The molecule has 1 heterocycles. The van der Waals surface area contributed by atoms with Crippen LogP contribution in [0.3, 0.4) is 0 Å². The molecule has 2 atom stereocenters. The van der Waals surface area contributed by atoms with E-state index in [0.717, 1.165) is 24.3 Å². The van der Waals surface area contributed by atoms with E-state index in [2.05, 4.69) is 10.3 Å². The molecule has 0 saturated heterocycles. The number of nitrogens with one attached hydrogen (secondary N) is 1. The molecule has 22 heavy (non-hydrogen) atoms. The van der Waals surface area contributed by atoms with Gasteiger partial charge in [0, 0.05) is 18.0 Å². The lowest BCUT2D eigenvalue weighted by Crippen LogP contribution is -2.45. The predicted octanol–water partition coefficient (Wildman–Crippen LogP) is 2.79. The Morgan fingerprint density at radius 1 is 1.32 bits per heavy atom. The Labute approximate surface area is 149 Å². The van der Waals surface area contributed by atoms with E-state index in [0.29, 0.717) is 18.2 Å². The van der Waals surface area contributed by atoms with Crippen molar-refractivity contribution in [3.8, 4) is 0 Å². The van der Waals surface area contributed by atoms with Crippen LogP contribution in [0.5, 0.6) is 0 Å². The zero-order valence-electron chi connectivity index (χ0n) is 12.6. The summed E-state index contributed by atoms with van der Waals surface area (Å²) < 4.78 is 0. The number of carbonyl (C=O) groups excluding carboxylic acids is 1. The second kappa shape index (κ2) is 12.0. The Balaban J connectivity index is 0.00000220. The van der Waals surface area contributed by atoms with Crippen molar-refractivity contribution in [1.29, 1.82) is 0 Å². The Bertz CT molecular complexity index is 423. The van der Waals surface area contributed by atoms with Crippen molar-refractivity contribution in [3.63, 3.8) is 0 Å². The summed E-state index contributed by atoms with van der Waals surface area (Å²) >= 11 is 1.61. The summed E-state index contributed by atoms with van der Waals surface area (Å²) in [5, 5.41) is 3.15. The molecule has 0 aromatic carbocycles. The zero-order chi connectivity index (χ0) is 14.2. The van der Waals surface area contributed by atoms with Crippen LogP contribution in [0.1, 0.15) is 31.4 Å². The number of rotatable bonds is 6. The minimum Gasteiger partial charge on any atom is -0.352 e. The maximum absolute atomic E-state index is 12.0. The van der Waals surface area contributed by atoms with Gasteiger partial charge in [-0.1, -0.05) is 18.9 Å². The predicted molar refractivity (Wildman–Crippen MR) is 97.8 cm³/mol. The quantitative estimate of drug-likeness (QED) is 0.812. The maximum atomic E-state index is 12.0. The third kappa shape index (κ3) is 7.18. The number of thioether (sulfide) groups is 1. The fourth-order valence-electron chi connectivity index (χ4n) is 2.66. The average molecular weight is 366 g/mol. The molecule has 0 radical (unpaired) electrons. The van der Waals surface area contributed by atoms with Crippen molar-refractivity contribution < 1.29 is 4.79 Å². The van der Waals surface area contributed by atoms with Crippen LogP contribution in [0.4, 0.5) is 0 Å². The van der Waals surface area contributed by atoms with Crippen LogP contribution < -0.4 is 11.1 Å². The first-order valence-corrected chi connectivity index (χ1v) is 8.42. The number of nitrogens with zero attached hydrogens (tertiary/aromatic N) is 1. The van der Waals surface area contributed by atoms with Crippen molar-refractivity contribution in [2.45, 2.75) is 37.5 Å². The summed E-state index contributed by atoms with van der Waals surface area (Å²) in [6.45, 7) is 0.673. The van der Waals surface area contributed by atoms with Gasteiger partial charge in [-0.15, -0.1) is 36.6 Å². The van der Waals surface area contributed by atoms with E-state index in [-0.39, 0.29) is 36.8 Å². The molecule has 1 aliphatic rings. The molecule has 2 unspecified atom stereocenters. The summed E-state index contributed by atoms with van der Waals surface area (Å²) in [6, 6.07) is 6.13. The van der Waals surface area contributed by atoms with Crippen LogP contribution in [-0.2, 0) is 10.5 Å². The molecular weight excluding hydrogens is 341 g/mol. The van der Waals surface area contributed by atoms with Crippen LogP contribution in [0, 0.1) is 5.92 Å². The highest BCUT2D eigenvalue weighted by atomic mass is 35.5. The molecule has 2 rings (SSSR count). The molecule has 4 nitrogen and oxygen atoms in total. The fourth-order valence-corrected chi connectivity index (χ4v) is 3.41. The van der Waals surface area contributed by atoms with Crippen LogP contribution in [0.25, 0.3) is 0 Å². The van der Waals surface area contributed by atoms with Crippen molar-refractivity contribution >= 4 is 42.5 Å². The second-order valence-corrected chi connectivity index (χ2v) is 6.25. The highest BCUT2D eigenvalue weighted by Crippen LogP contribution is 2.23. The summed E-state index contributed by atoms with van der Waals surface area (Å²) in [6.07, 6.45) is 6.43. The first kappa shape index (κ1) is 21.5. The van der Waals surface area contributed by atoms with Gasteiger partial charge in [0.1, 0.15) is 0 Å². The Morgan fingerprint density at radius 3 is 2.77 bits per heavy atom. The number of hydrogen-bond acceptors (Lipinski definition) is 4. The Hall–Kier alpha value is -0.490. The lowest BCUT2D eigenvalue weighted by Gasteiger charge is -2.31. The van der Waals surface area contributed by atoms with E-state index < -0.39 is 0 Å². The van der Waals surface area contributed by atoms with Gasteiger partial charge in [-0.05, 0) is 37.4 Å². The molecule has 0 aliphatic heterocycles. The van der Waals surface area contributed by atoms with Crippen LogP contribution in [0.2, 0.25) is 0 Å². The molecule has 0 spiro atoms. The molecule has 0 bridgehead atoms. The highest BCUT2D eigenvalue weighted by Gasteiger charge is 2.24. The van der Waals surface area contributed by atoms with Gasteiger partial charge in [0.05, 0.1) is 11.4 Å². The number of amides is 1. The van der Waals surface area contributed by atoms with Crippen molar-refractivity contribution in [2.75, 3.05) is 12.3 Å². The van der Waals surface area contributed by atoms with E-state index in [1.165, 1.54) is 12.8 Å². The van der Waals surface area contributed by atoms with Gasteiger partial charge in [-0.25, -0.2) is 0 Å². The topological polar surface area (TPSA) is 68.0 Å². The third-order valence-electron chi connectivity index (χ3n) is 3.77. The minimum absolute atomic E-state index is 0. The maximum Gasteiger partial charge on any atom is 0.230 e. The molecule has 1 aromatic heterocycles. The monoisotopic (exact) mass is 365 g/mol. The van der Waals surface area contributed by atoms with E-state index in [1.807, 2.05) is 18.2 Å². The van der Waals surface area contributed by atoms with Gasteiger partial charge in [-0.3, -0.25) is 9.78 Å². The van der Waals surface area contributed by atoms with Gasteiger partial charge >= 0.3 is 0 Å². The summed E-state index contributed by atoms with van der Waals surface area (Å²) in [5.41, 5.74) is 6.80. The Morgan fingerprint density at radius 2 is 2.09 bits per heavy atom. The molecular formula is C15H25Cl2N3OS. The number of halogens is 2. The average Bonchev–Trinajstić information content (AvgIpc) is 2.49. The zero-order valence-corrected chi connectivity index (χ0v) is 15.0. The number of carbonyl (C=O) groups is 1. The highest BCUT2D eigenvalue weighted by molar-refractivity contribution is 7.99. The van der Waals surface area contributed by atoms with Gasteiger partial charge in [-0.2, -0.15) is 0 Å². The van der Waals surface area contributed by atoms with Crippen molar-refractivity contribution in [2.24, 2.45) is 11.7 Å². The smallest absolute Gasteiger partial charge is 0.230 e. The van der Waals surface area contributed by atoms with Gasteiger partial charge in [0.15, 0.2) is 0 Å². The molecule has 1 amide bonds. The fraction of sp³-hybridized carbons (Fsp3) is 0.600. The lowest BCUT2D eigenvalue weighted by molar-refractivity contribution is -0.119. The molecule has 7 heteroatoms. The standard InChI is InChI=1S/C15H23N3OS.2ClH/c16-9-12-5-1-2-7-14(12)18-15(19)11-20-10-13-6-3-4-8-17-13;;/h3-4,6,8,12,14H,1-2,5,7,9-11,16H2,(H,18,19);2*1H. The van der Waals surface area contributed by atoms with E-state index in [1.54, 1.807) is 18.0 Å². The van der Waals surface area contributed by atoms with E-state index in [4.69, 9.17) is 5.73 Å².